The van der Waals surface area contributed by atoms with E-state index in [0.717, 1.165) is 12.8 Å². The minimum absolute atomic E-state index is 0.167. The Morgan fingerprint density at radius 1 is 1.00 bits per heavy atom. The monoisotopic (exact) mass is 491 g/mol. The summed E-state index contributed by atoms with van der Waals surface area (Å²) in [4.78, 5) is 24.0. The number of unbranched alkanes of at least 4 members (excludes halogenated alkanes) is 3. The third kappa shape index (κ3) is 7.42. The summed E-state index contributed by atoms with van der Waals surface area (Å²) in [6.07, 6.45) is 4.54. The highest BCUT2D eigenvalue weighted by Gasteiger charge is 2.11. The Morgan fingerprint density at radius 2 is 1.70 bits per heavy atom. The van der Waals surface area contributed by atoms with Gasteiger partial charge < -0.3 is 15.4 Å². The number of thiocarbonyl (C=S) groups is 1. The van der Waals surface area contributed by atoms with Gasteiger partial charge in [0, 0.05) is 23.9 Å². The molecule has 2 aromatic rings. The molecule has 0 bridgehead atoms. The second kappa shape index (κ2) is 12.3. The molecule has 0 aliphatic heterocycles. The molecule has 2 aromatic carbocycles. The van der Waals surface area contributed by atoms with Crippen molar-refractivity contribution in [2.24, 2.45) is 0 Å². The van der Waals surface area contributed by atoms with Crippen LogP contribution in [-0.4, -0.2) is 30.6 Å². The minimum Gasteiger partial charge on any atom is -0.492 e. The summed E-state index contributed by atoms with van der Waals surface area (Å²) in [7, 11) is 1.57. The average molecular weight is 492 g/mol. The van der Waals surface area contributed by atoms with E-state index in [1.807, 2.05) is 0 Å². The summed E-state index contributed by atoms with van der Waals surface area (Å²) in [5, 5.41) is 8.30. The largest absolute Gasteiger partial charge is 0.492 e. The normalized spacial score (nSPS) is 10.2. The zero-order valence-corrected chi connectivity index (χ0v) is 19.5. The number of ether oxygens (including phenoxy) is 1. The zero-order chi connectivity index (χ0) is 21.9. The maximum atomic E-state index is 12.5. The van der Waals surface area contributed by atoms with E-state index in [0.29, 0.717) is 33.6 Å². The maximum absolute atomic E-state index is 12.5. The lowest BCUT2D eigenvalue weighted by molar-refractivity contribution is 0.0959. The van der Waals surface area contributed by atoms with Crippen LogP contribution in [0.1, 0.15) is 53.3 Å². The van der Waals surface area contributed by atoms with Crippen molar-refractivity contribution in [2.75, 3.05) is 19.0 Å². The molecule has 160 valence electrons. The smallest absolute Gasteiger partial charge is 0.257 e. The molecular weight excluding hydrogens is 466 g/mol. The standard InChI is InChI=1S/C22H26BrN3O3S/c1-3-4-5-6-13-29-19-12-9-16(14-18(19)23)21(28)26-22(30)25-17-10-7-15(8-11-17)20(27)24-2/h7-12,14H,3-6,13H2,1-2H3,(H,24,27)(H2,25,26,28,30). The van der Waals surface area contributed by atoms with Crippen LogP contribution in [-0.2, 0) is 0 Å². The Bertz CT molecular complexity index is 888. The Hall–Kier alpha value is -2.45. The van der Waals surface area contributed by atoms with E-state index in [9.17, 15) is 9.59 Å². The Balaban J connectivity index is 1.88. The molecule has 0 radical (unpaired) electrons. The quantitative estimate of drug-likeness (QED) is 0.343. The molecule has 0 fully saturated rings. The van der Waals surface area contributed by atoms with Gasteiger partial charge >= 0.3 is 0 Å². The first-order chi connectivity index (χ1) is 14.4. The van der Waals surface area contributed by atoms with Gasteiger partial charge in [-0.25, -0.2) is 0 Å². The van der Waals surface area contributed by atoms with Crippen LogP contribution in [0.3, 0.4) is 0 Å². The first kappa shape index (κ1) is 23.8. The van der Waals surface area contributed by atoms with Gasteiger partial charge in [-0.1, -0.05) is 26.2 Å². The van der Waals surface area contributed by atoms with Crippen molar-refractivity contribution in [2.45, 2.75) is 32.6 Å². The number of hydrogen-bond donors (Lipinski definition) is 3. The topological polar surface area (TPSA) is 79.5 Å². The van der Waals surface area contributed by atoms with Gasteiger partial charge in [0.25, 0.3) is 11.8 Å². The van der Waals surface area contributed by atoms with E-state index in [1.165, 1.54) is 12.8 Å². The second-order valence-electron chi connectivity index (χ2n) is 6.62. The number of carbonyl (C=O) groups excluding carboxylic acids is 2. The highest BCUT2D eigenvalue weighted by atomic mass is 79.9. The van der Waals surface area contributed by atoms with Gasteiger partial charge in [-0.2, -0.15) is 0 Å². The van der Waals surface area contributed by atoms with Crippen molar-refractivity contribution in [3.05, 3.63) is 58.1 Å². The van der Waals surface area contributed by atoms with Gasteiger partial charge in [-0.3, -0.25) is 14.9 Å². The summed E-state index contributed by atoms with van der Waals surface area (Å²) in [6, 6.07) is 11.9. The number of carbonyl (C=O) groups is 2. The lowest BCUT2D eigenvalue weighted by Crippen LogP contribution is -2.34. The summed E-state index contributed by atoms with van der Waals surface area (Å²) in [6.45, 7) is 2.82. The van der Waals surface area contributed by atoms with E-state index in [4.69, 9.17) is 17.0 Å². The summed E-state index contributed by atoms with van der Waals surface area (Å²) < 4.78 is 6.48. The number of rotatable bonds is 9. The van der Waals surface area contributed by atoms with E-state index in [1.54, 1.807) is 49.5 Å². The van der Waals surface area contributed by atoms with Crippen LogP contribution < -0.4 is 20.7 Å². The Kier molecular flexibility index (Phi) is 9.76. The molecule has 0 spiro atoms. The zero-order valence-electron chi connectivity index (χ0n) is 17.1. The fraction of sp³-hybridized carbons (Fsp3) is 0.318. The maximum Gasteiger partial charge on any atom is 0.257 e. The third-order valence-corrected chi connectivity index (χ3v) is 5.13. The van der Waals surface area contributed by atoms with Crippen LogP contribution in [0.4, 0.5) is 5.69 Å². The second-order valence-corrected chi connectivity index (χ2v) is 7.88. The highest BCUT2D eigenvalue weighted by molar-refractivity contribution is 9.10. The van der Waals surface area contributed by atoms with Crippen molar-refractivity contribution in [3.8, 4) is 5.75 Å². The highest BCUT2D eigenvalue weighted by Crippen LogP contribution is 2.26. The molecule has 2 rings (SSSR count). The molecule has 0 saturated carbocycles. The van der Waals surface area contributed by atoms with Crippen LogP contribution in [0.25, 0.3) is 0 Å². The Morgan fingerprint density at radius 3 is 2.33 bits per heavy atom. The number of amides is 2. The van der Waals surface area contributed by atoms with Gasteiger partial charge in [0.1, 0.15) is 5.75 Å². The molecule has 2 amide bonds. The van der Waals surface area contributed by atoms with Crippen LogP contribution >= 0.6 is 28.1 Å². The molecular formula is C22H26BrN3O3S. The van der Waals surface area contributed by atoms with Gasteiger partial charge in [0.05, 0.1) is 11.1 Å². The number of benzene rings is 2. The van der Waals surface area contributed by atoms with Crippen molar-refractivity contribution in [1.82, 2.24) is 10.6 Å². The molecule has 0 saturated heterocycles. The SMILES string of the molecule is CCCCCCOc1ccc(C(=O)NC(=S)Nc2ccc(C(=O)NC)cc2)cc1Br. The summed E-state index contributed by atoms with van der Waals surface area (Å²) in [5.74, 6) is 0.209. The fourth-order valence-electron chi connectivity index (χ4n) is 2.66. The van der Waals surface area contributed by atoms with Crippen molar-refractivity contribution in [1.29, 1.82) is 0 Å². The third-order valence-electron chi connectivity index (χ3n) is 4.31. The predicted molar refractivity (Wildman–Crippen MR) is 127 cm³/mol. The minimum atomic E-state index is -0.329. The van der Waals surface area contributed by atoms with Crippen LogP contribution in [0.15, 0.2) is 46.9 Å². The van der Waals surface area contributed by atoms with Crippen LogP contribution in [0.2, 0.25) is 0 Å². The van der Waals surface area contributed by atoms with Crippen molar-refractivity contribution < 1.29 is 14.3 Å². The number of anilines is 1. The molecule has 0 aromatic heterocycles. The summed E-state index contributed by atoms with van der Waals surface area (Å²) in [5.41, 5.74) is 1.66. The fourth-order valence-corrected chi connectivity index (χ4v) is 3.36. The molecule has 0 heterocycles. The molecule has 6 nitrogen and oxygen atoms in total. The molecule has 0 atom stereocenters. The number of halogens is 1. The van der Waals surface area contributed by atoms with E-state index in [-0.39, 0.29) is 16.9 Å². The number of hydrogen-bond acceptors (Lipinski definition) is 4. The number of nitrogens with one attached hydrogen (secondary N) is 3. The van der Waals surface area contributed by atoms with Gasteiger partial charge in [0.15, 0.2) is 5.11 Å². The lowest BCUT2D eigenvalue weighted by Gasteiger charge is -2.12. The first-order valence-corrected chi connectivity index (χ1v) is 11.0. The van der Waals surface area contributed by atoms with Crippen LogP contribution in [0.5, 0.6) is 5.75 Å². The molecule has 0 aliphatic carbocycles. The van der Waals surface area contributed by atoms with Gasteiger partial charge in [0.2, 0.25) is 0 Å². The van der Waals surface area contributed by atoms with Crippen molar-refractivity contribution in [3.63, 3.8) is 0 Å². The molecule has 30 heavy (non-hydrogen) atoms. The molecule has 0 unspecified atom stereocenters. The molecule has 3 N–H and O–H groups in total. The first-order valence-electron chi connectivity index (χ1n) is 9.81. The predicted octanol–water partition coefficient (Wildman–Crippen LogP) is 4.89. The van der Waals surface area contributed by atoms with E-state index in [2.05, 4.69) is 38.8 Å². The Labute approximate surface area is 190 Å². The average Bonchev–Trinajstić information content (AvgIpc) is 2.74. The van der Waals surface area contributed by atoms with Gasteiger partial charge in [-0.15, -0.1) is 0 Å². The van der Waals surface area contributed by atoms with Gasteiger partial charge in [-0.05, 0) is 77.0 Å². The molecule has 8 heteroatoms. The van der Waals surface area contributed by atoms with Crippen LogP contribution in [0, 0.1) is 0 Å². The molecule has 0 aliphatic rings. The summed E-state index contributed by atoms with van der Waals surface area (Å²) >= 11 is 8.67. The van der Waals surface area contributed by atoms with Crippen molar-refractivity contribution >= 4 is 50.8 Å². The van der Waals surface area contributed by atoms with E-state index >= 15 is 0 Å². The van der Waals surface area contributed by atoms with E-state index < -0.39 is 0 Å². The lowest BCUT2D eigenvalue weighted by atomic mass is 10.2.